The highest BCUT2D eigenvalue weighted by Crippen LogP contribution is 2.38. The van der Waals surface area contributed by atoms with E-state index in [0.29, 0.717) is 5.69 Å². The summed E-state index contributed by atoms with van der Waals surface area (Å²) < 4.78 is 15.1. The number of amides is 1. The Labute approximate surface area is 190 Å². The topological polar surface area (TPSA) is 81.6 Å². The van der Waals surface area contributed by atoms with Gasteiger partial charge in [0.2, 0.25) is 0 Å². The van der Waals surface area contributed by atoms with Crippen LogP contribution in [0.3, 0.4) is 0 Å². The molecule has 1 amide bonds. The standard InChI is InChI=1S/C25H21FN4OS/c1-15-11-17(12-18(13-27)24(31)29-20-9-7-19(26)8-10-20)16(2)30(15)25-22(14-28)21-5-3-4-6-23(21)32-25/h7-12H,3-6H2,1-2H3,(H,29,31)/b18-12-. The molecule has 0 saturated heterocycles. The molecule has 4 rings (SSSR count). The van der Waals surface area contributed by atoms with Crippen LogP contribution in [0.1, 0.15) is 45.8 Å². The highest BCUT2D eigenvalue weighted by molar-refractivity contribution is 7.15. The Bertz CT molecular complexity index is 1320. The number of benzene rings is 1. The molecule has 160 valence electrons. The monoisotopic (exact) mass is 444 g/mol. The minimum absolute atomic E-state index is 0.0550. The zero-order valence-corrected chi connectivity index (χ0v) is 18.6. The quantitative estimate of drug-likeness (QED) is 0.421. The molecule has 0 aliphatic heterocycles. The van der Waals surface area contributed by atoms with Crippen LogP contribution in [0, 0.1) is 42.3 Å². The van der Waals surface area contributed by atoms with Crippen LogP contribution in [0.5, 0.6) is 0 Å². The van der Waals surface area contributed by atoms with Crippen molar-refractivity contribution in [3.63, 3.8) is 0 Å². The average molecular weight is 445 g/mol. The van der Waals surface area contributed by atoms with Gasteiger partial charge in [-0.15, -0.1) is 11.3 Å². The normalized spacial score (nSPS) is 13.2. The second kappa shape index (κ2) is 8.82. The number of hydrogen-bond acceptors (Lipinski definition) is 4. The number of aromatic nitrogens is 1. The van der Waals surface area contributed by atoms with Gasteiger partial charge in [0.05, 0.1) is 5.56 Å². The number of hydrogen-bond donors (Lipinski definition) is 1. The molecular formula is C25H21FN4OS. The Hall–Kier alpha value is -3.68. The predicted octanol–water partition coefficient (Wildman–Crippen LogP) is 5.59. The van der Waals surface area contributed by atoms with E-state index in [1.165, 1.54) is 34.7 Å². The highest BCUT2D eigenvalue weighted by atomic mass is 32.1. The molecule has 1 aromatic carbocycles. The first kappa shape index (κ1) is 21.5. The van der Waals surface area contributed by atoms with E-state index in [0.717, 1.165) is 53.2 Å². The lowest BCUT2D eigenvalue weighted by atomic mass is 9.96. The lowest BCUT2D eigenvalue weighted by Crippen LogP contribution is -2.13. The van der Waals surface area contributed by atoms with Crippen LogP contribution in [0.4, 0.5) is 10.1 Å². The Kier molecular flexibility index (Phi) is 5.94. The van der Waals surface area contributed by atoms with E-state index in [1.807, 2.05) is 30.6 Å². The second-order valence-corrected chi connectivity index (χ2v) is 8.88. The van der Waals surface area contributed by atoms with Crippen LogP contribution in [0.25, 0.3) is 11.1 Å². The van der Waals surface area contributed by atoms with Crippen molar-refractivity contribution in [3.05, 3.63) is 74.7 Å². The molecular weight excluding hydrogens is 423 g/mol. The van der Waals surface area contributed by atoms with Gasteiger partial charge in [-0.05, 0) is 87.1 Å². The van der Waals surface area contributed by atoms with Gasteiger partial charge >= 0.3 is 0 Å². The summed E-state index contributed by atoms with van der Waals surface area (Å²) in [6, 6.07) is 11.6. The molecule has 1 aliphatic rings. The van der Waals surface area contributed by atoms with Crippen molar-refractivity contribution in [3.8, 4) is 17.1 Å². The first-order valence-corrected chi connectivity index (χ1v) is 11.2. The maximum Gasteiger partial charge on any atom is 0.266 e. The molecule has 1 N–H and O–H groups in total. The Morgan fingerprint density at radius 1 is 1.19 bits per heavy atom. The molecule has 2 heterocycles. The van der Waals surface area contributed by atoms with Crippen molar-refractivity contribution in [2.24, 2.45) is 0 Å². The van der Waals surface area contributed by atoms with Crippen molar-refractivity contribution in [1.82, 2.24) is 4.57 Å². The first-order valence-electron chi connectivity index (χ1n) is 10.4. The summed E-state index contributed by atoms with van der Waals surface area (Å²) in [6.45, 7) is 3.88. The summed E-state index contributed by atoms with van der Waals surface area (Å²) in [6.07, 6.45) is 5.73. The molecule has 7 heteroatoms. The van der Waals surface area contributed by atoms with Gasteiger partial charge < -0.3 is 9.88 Å². The van der Waals surface area contributed by atoms with Gasteiger partial charge in [0.25, 0.3) is 5.91 Å². The van der Waals surface area contributed by atoms with E-state index in [2.05, 4.69) is 11.4 Å². The zero-order chi connectivity index (χ0) is 22.8. The summed E-state index contributed by atoms with van der Waals surface area (Å²) in [5.74, 6) is -0.966. The third-order valence-electron chi connectivity index (χ3n) is 5.70. The van der Waals surface area contributed by atoms with Crippen LogP contribution >= 0.6 is 11.3 Å². The number of carbonyl (C=O) groups is 1. The fourth-order valence-electron chi connectivity index (χ4n) is 4.11. The summed E-state index contributed by atoms with van der Waals surface area (Å²) in [4.78, 5) is 13.9. The van der Waals surface area contributed by atoms with Crippen LogP contribution in [-0.2, 0) is 17.6 Å². The summed E-state index contributed by atoms with van der Waals surface area (Å²) in [7, 11) is 0. The van der Waals surface area contributed by atoms with Crippen molar-refractivity contribution in [2.45, 2.75) is 39.5 Å². The zero-order valence-electron chi connectivity index (χ0n) is 17.8. The number of nitrogens with one attached hydrogen (secondary N) is 1. The minimum atomic E-state index is -0.562. The molecule has 0 atom stereocenters. The number of halogens is 1. The molecule has 1 aliphatic carbocycles. The Morgan fingerprint density at radius 2 is 1.91 bits per heavy atom. The third kappa shape index (κ3) is 3.95. The molecule has 0 bridgehead atoms. The minimum Gasteiger partial charge on any atom is -0.321 e. The van der Waals surface area contributed by atoms with E-state index in [4.69, 9.17) is 0 Å². The summed E-state index contributed by atoms with van der Waals surface area (Å²) in [5.41, 5.74) is 4.78. The van der Waals surface area contributed by atoms with Crippen molar-refractivity contribution in [1.29, 1.82) is 10.5 Å². The van der Waals surface area contributed by atoms with E-state index in [9.17, 15) is 19.7 Å². The smallest absolute Gasteiger partial charge is 0.266 e. The van der Waals surface area contributed by atoms with Crippen LogP contribution in [0.15, 0.2) is 35.9 Å². The summed E-state index contributed by atoms with van der Waals surface area (Å²) in [5, 5.41) is 22.9. The number of rotatable bonds is 4. The van der Waals surface area contributed by atoms with Crippen LogP contribution in [-0.4, -0.2) is 10.5 Å². The van der Waals surface area contributed by atoms with E-state index in [1.54, 1.807) is 17.4 Å². The predicted molar refractivity (Wildman–Crippen MR) is 123 cm³/mol. The van der Waals surface area contributed by atoms with Gasteiger partial charge in [-0.2, -0.15) is 10.5 Å². The molecule has 2 aromatic heterocycles. The van der Waals surface area contributed by atoms with Crippen molar-refractivity contribution in [2.75, 3.05) is 5.32 Å². The molecule has 0 radical (unpaired) electrons. The first-order chi connectivity index (χ1) is 15.4. The van der Waals surface area contributed by atoms with Gasteiger partial charge in [-0.25, -0.2) is 4.39 Å². The average Bonchev–Trinajstić information content (AvgIpc) is 3.28. The van der Waals surface area contributed by atoms with E-state index in [-0.39, 0.29) is 5.57 Å². The van der Waals surface area contributed by atoms with Gasteiger partial charge in [-0.3, -0.25) is 4.79 Å². The van der Waals surface area contributed by atoms with Crippen molar-refractivity contribution >= 4 is 29.0 Å². The van der Waals surface area contributed by atoms with Gasteiger partial charge in [0.15, 0.2) is 0 Å². The Morgan fingerprint density at radius 3 is 2.59 bits per heavy atom. The number of anilines is 1. The molecule has 3 aromatic rings. The number of thiophene rings is 1. The molecule has 0 fully saturated rings. The molecule has 0 spiro atoms. The second-order valence-electron chi connectivity index (χ2n) is 7.80. The number of carbonyl (C=O) groups excluding carboxylic acids is 1. The van der Waals surface area contributed by atoms with Gasteiger partial charge in [-0.1, -0.05) is 0 Å². The molecule has 32 heavy (non-hydrogen) atoms. The summed E-state index contributed by atoms with van der Waals surface area (Å²) >= 11 is 1.66. The maximum atomic E-state index is 13.1. The lowest BCUT2D eigenvalue weighted by Gasteiger charge is -2.10. The van der Waals surface area contributed by atoms with Gasteiger partial charge in [0, 0.05) is 22.0 Å². The van der Waals surface area contributed by atoms with E-state index < -0.39 is 11.7 Å². The highest BCUT2D eigenvalue weighted by Gasteiger charge is 2.24. The fourth-order valence-corrected chi connectivity index (χ4v) is 5.56. The number of aryl methyl sites for hydroxylation is 2. The Balaban J connectivity index is 1.70. The molecule has 0 unspecified atom stereocenters. The lowest BCUT2D eigenvalue weighted by molar-refractivity contribution is -0.112. The molecule has 0 saturated carbocycles. The van der Waals surface area contributed by atoms with Crippen molar-refractivity contribution < 1.29 is 9.18 Å². The van der Waals surface area contributed by atoms with Crippen LogP contribution in [0.2, 0.25) is 0 Å². The fraction of sp³-hybridized carbons (Fsp3) is 0.240. The molecule has 5 nitrogen and oxygen atoms in total. The maximum absolute atomic E-state index is 13.1. The van der Waals surface area contributed by atoms with Gasteiger partial charge in [0.1, 0.15) is 28.5 Å². The third-order valence-corrected chi connectivity index (χ3v) is 6.98. The largest absolute Gasteiger partial charge is 0.321 e. The number of nitrogens with zero attached hydrogens (tertiary/aromatic N) is 3. The van der Waals surface area contributed by atoms with Crippen LogP contribution < -0.4 is 5.32 Å². The SMILES string of the molecule is Cc1cc(/C=C(/C#N)C(=O)Nc2ccc(F)cc2)c(C)n1-c1sc2c(c1C#N)CCCC2. The number of nitriles is 2. The number of fused-ring (bicyclic) bond motifs is 1. The van der Waals surface area contributed by atoms with E-state index >= 15 is 0 Å².